The highest BCUT2D eigenvalue weighted by molar-refractivity contribution is 6.00. The third-order valence-electron chi connectivity index (χ3n) is 5.89. The number of para-hydroxylation sites is 1. The van der Waals surface area contributed by atoms with E-state index in [-0.39, 0.29) is 24.7 Å². The smallest absolute Gasteiger partial charge is 0.311 e. The van der Waals surface area contributed by atoms with Gasteiger partial charge in [0, 0.05) is 29.8 Å². The Hall–Kier alpha value is -3.15. The Morgan fingerprint density at radius 1 is 1.19 bits per heavy atom. The Labute approximate surface area is 183 Å². The minimum Gasteiger partial charge on any atom is -0.496 e. The summed E-state index contributed by atoms with van der Waals surface area (Å²) in [5, 5.41) is 0. The zero-order valence-corrected chi connectivity index (χ0v) is 18.5. The number of ketones is 1. The molecule has 0 saturated carbocycles. The van der Waals surface area contributed by atoms with Gasteiger partial charge in [-0.15, -0.1) is 0 Å². The fourth-order valence-corrected chi connectivity index (χ4v) is 3.85. The highest BCUT2D eigenvalue weighted by Crippen LogP contribution is 2.34. The Kier molecular flexibility index (Phi) is 7.10. The van der Waals surface area contributed by atoms with Gasteiger partial charge in [0.25, 0.3) is 0 Å². The molecule has 0 N–H and O–H groups in total. The van der Waals surface area contributed by atoms with Crippen molar-refractivity contribution < 1.29 is 23.9 Å². The summed E-state index contributed by atoms with van der Waals surface area (Å²) >= 11 is 0. The average Bonchev–Trinajstić information content (AvgIpc) is 3.18. The van der Waals surface area contributed by atoms with Crippen LogP contribution in [0.1, 0.15) is 61.0 Å². The van der Waals surface area contributed by atoms with Crippen molar-refractivity contribution in [3.63, 3.8) is 0 Å². The molecule has 0 unspecified atom stereocenters. The first-order chi connectivity index (χ1) is 14.8. The summed E-state index contributed by atoms with van der Waals surface area (Å²) in [6.45, 7) is 6.01. The van der Waals surface area contributed by atoms with Gasteiger partial charge in [-0.1, -0.05) is 32.0 Å². The van der Waals surface area contributed by atoms with Gasteiger partial charge < -0.3 is 14.4 Å². The fraction of sp³-hybridized carbons (Fsp3) is 0.400. The van der Waals surface area contributed by atoms with Gasteiger partial charge in [-0.3, -0.25) is 14.4 Å². The molecule has 164 valence electrons. The van der Waals surface area contributed by atoms with Crippen LogP contribution in [0.15, 0.2) is 42.5 Å². The van der Waals surface area contributed by atoms with Crippen LogP contribution in [0.5, 0.6) is 5.75 Å². The van der Waals surface area contributed by atoms with Crippen molar-refractivity contribution in [1.82, 2.24) is 0 Å². The summed E-state index contributed by atoms with van der Waals surface area (Å²) in [7, 11) is 1.52. The van der Waals surface area contributed by atoms with Crippen LogP contribution in [0.2, 0.25) is 0 Å². The lowest BCUT2D eigenvalue weighted by atomic mass is 9.96. The lowest BCUT2D eigenvalue weighted by Gasteiger charge is -2.23. The van der Waals surface area contributed by atoms with E-state index in [1.54, 1.807) is 23.1 Å². The number of esters is 1. The maximum atomic E-state index is 12.7. The predicted molar refractivity (Wildman–Crippen MR) is 118 cm³/mol. The quantitative estimate of drug-likeness (QED) is 0.461. The lowest BCUT2D eigenvalue weighted by Crippen LogP contribution is -2.27. The van der Waals surface area contributed by atoms with Crippen molar-refractivity contribution in [2.75, 3.05) is 18.6 Å². The topological polar surface area (TPSA) is 72.9 Å². The SMILES string of the molecule is CC[C@@H](C)c1ccccc1N1C[C@@H](C(=O)OCc2cc(C(C)=O)ccc2OC)CC1=O. The third kappa shape index (κ3) is 4.95. The van der Waals surface area contributed by atoms with E-state index in [1.165, 1.54) is 14.0 Å². The molecule has 2 atom stereocenters. The number of methoxy groups -OCH3 is 1. The Balaban J connectivity index is 1.71. The van der Waals surface area contributed by atoms with Crippen molar-refractivity contribution in [2.24, 2.45) is 5.92 Å². The molecular formula is C25H29NO5. The molecular weight excluding hydrogens is 394 g/mol. The van der Waals surface area contributed by atoms with Crippen molar-refractivity contribution in [3.8, 4) is 5.75 Å². The van der Waals surface area contributed by atoms with Crippen LogP contribution < -0.4 is 9.64 Å². The molecule has 1 aliphatic rings. The maximum Gasteiger partial charge on any atom is 0.311 e. The number of carbonyl (C=O) groups is 3. The van der Waals surface area contributed by atoms with E-state index >= 15 is 0 Å². The number of Topliss-reactive ketones (excluding diaryl/α,β-unsaturated/α-hetero) is 1. The number of nitrogens with zero attached hydrogens (tertiary/aromatic N) is 1. The molecule has 1 saturated heterocycles. The van der Waals surface area contributed by atoms with E-state index in [2.05, 4.69) is 13.8 Å². The summed E-state index contributed by atoms with van der Waals surface area (Å²) < 4.78 is 10.8. The first-order valence-electron chi connectivity index (χ1n) is 10.6. The van der Waals surface area contributed by atoms with E-state index in [4.69, 9.17) is 9.47 Å². The predicted octanol–water partition coefficient (Wildman–Crippen LogP) is 4.51. The molecule has 0 spiro atoms. The molecule has 2 aromatic rings. The number of hydrogen-bond acceptors (Lipinski definition) is 5. The van der Waals surface area contributed by atoms with Gasteiger partial charge in [0.2, 0.25) is 5.91 Å². The molecule has 0 aliphatic carbocycles. The monoisotopic (exact) mass is 423 g/mol. The number of hydrogen-bond donors (Lipinski definition) is 0. The second-order valence-electron chi connectivity index (χ2n) is 7.96. The van der Waals surface area contributed by atoms with Crippen LogP contribution in [0.3, 0.4) is 0 Å². The van der Waals surface area contributed by atoms with E-state index in [1.807, 2.05) is 24.3 Å². The normalized spacial score (nSPS) is 16.8. The van der Waals surface area contributed by atoms with E-state index < -0.39 is 11.9 Å². The molecule has 3 rings (SSSR count). The number of rotatable bonds is 8. The van der Waals surface area contributed by atoms with Crippen LogP contribution in [-0.4, -0.2) is 31.3 Å². The van der Waals surface area contributed by atoms with Gasteiger partial charge in [-0.2, -0.15) is 0 Å². The molecule has 31 heavy (non-hydrogen) atoms. The Morgan fingerprint density at radius 2 is 1.94 bits per heavy atom. The van der Waals surface area contributed by atoms with Gasteiger partial charge in [-0.25, -0.2) is 0 Å². The molecule has 1 fully saturated rings. The van der Waals surface area contributed by atoms with Crippen LogP contribution in [0.25, 0.3) is 0 Å². The summed E-state index contributed by atoms with van der Waals surface area (Å²) in [6, 6.07) is 12.9. The van der Waals surface area contributed by atoms with Crippen LogP contribution in [0.4, 0.5) is 5.69 Å². The number of anilines is 1. The summed E-state index contributed by atoms with van der Waals surface area (Å²) in [6.07, 6.45) is 1.09. The first kappa shape index (κ1) is 22.5. The van der Waals surface area contributed by atoms with E-state index in [9.17, 15) is 14.4 Å². The number of carbonyl (C=O) groups excluding carboxylic acids is 3. The highest BCUT2D eigenvalue weighted by Gasteiger charge is 2.37. The summed E-state index contributed by atoms with van der Waals surface area (Å²) in [5.41, 5.74) is 3.12. The van der Waals surface area contributed by atoms with Crippen molar-refractivity contribution in [3.05, 3.63) is 59.2 Å². The maximum absolute atomic E-state index is 12.7. The zero-order chi connectivity index (χ0) is 22.5. The largest absolute Gasteiger partial charge is 0.496 e. The molecule has 1 aliphatic heterocycles. The zero-order valence-electron chi connectivity index (χ0n) is 18.5. The third-order valence-corrected chi connectivity index (χ3v) is 5.89. The van der Waals surface area contributed by atoms with Crippen molar-refractivity contribution in [2.45, 2.75) is 46.1 Å². The standard InChI is InChI=1S/C25H29NO5/c1-5-16(2)21-8-6-7-9-22(21)26-14-19(13-24(26)28)25(29)31-15-20-12-18(17(3)27)10-11-23(20)30-4/h6-12,16,19H,5,13-15H2,1-4H3/t16-,19+/m1/s1. The van der Waals surface area contributed by atoms with Crippen LogP contribution in [-0.2, 0) is 20.9 Å². The second-order valence-corrected chi connectivity index (χ2v) is 7.96. The molecule has 1 amide bonds. The van der Waals surface area contributed by atoms with Gasteiger partial charge in [0.1, 0.15) is 12.4 Å². The van der Waals surface area contributed by atoms with Gasteiger partial charge >= 0.3 is 5.97 Å². The molecule has 6 nitrogen and oxygen atoms in total. The molecule has 0 aromatic heterocycles. The number of ether oxygens (including phenoxy) is 2. The first-order valence-corrected chi connectivity index (χ1v) is 10.6. The number of benzene rings is 2. The molecule has 0 radical (unpaired) electrons. The Bertz CT molecular complexity index is 984. The molecule has 2 aromatic carbocycles. The number of amides is 1. The highest BCUT2D eigenvalue weighted by atomic mass is 16.5. The van der Waals surface area contributed by atoms with Crippen molar-refractivity contribution in [1.29, 1.82) is 0 Å². The lowest BCUT2D eigenvalue weighted by molar-refractivity contribution is -0.149. The van der Waals surface area contributed by atoms with Gasteiger partial charge in [0.05, 0.1) is 13.0 Å². The van der Waals surface area contributed by atoms with Gasteiger partial charge in [0.15, 0.2) is 5.78 Å². The summed E-state index contributed by atoms with van der Waals surface area (Å²) in [5.74, 6) is -0.242. The van der Waals surface area contributed by atoms with E-state index in [0.717, 1.165) is 17.7 Å². The Morgan fingerprint density at radius 3 is 2.61 bits per heavy atom. The van der Waals surface area contributed by atoms with Crippen molar-refractivity contribution >= 4 is 23.3 Å². The fourth-order valence-electron chi connectivity index (χ4n) is 3.85. The molecule has 1 heterocycles. The molecule has 0 bridgehead atoms. The second kappa shape index (κ2) is 9.77. The van der Waals surface area contributed by atoms with Gasteiger partial charge in [-0.05, 0) is 49.1 Å². The minimum absolute atomic E-state index is 0.0166. The van der Waals surface area contributed by atoms with E-state index in [0.29, 0.717) is 29.3 Å². The van der Waals surface area contributed by atoms with Crippen LogP contribution in [0, 0.1) is 5.92 Å². The van der Waals surface area contributed by atoms with Crippen LogP contribution >= 0.6 is 0 Å². The molecule has 6 heteroatoms. The average molecular weight is 424 g/mol. The minimum atomic E-state index is -0.528. The summed E-state index contributed by atoms with van der Waals surface area (Å²) in [4.78, 5) is 38.8.